The van der Waals surface area contributed by atoms with Crippen LogP contribution in [0.25, 0.3) is 0 Å². The average Bonchev–Trinajstić information content (AvgIpc) is 2.25. The van der Waals surface area contributed by atoms with Crippen molar-refractivity contribution in [2.75, 3.05) is 13.7 Å². The second-order valence-electron chi connectivity index (χ2n) is 3.52. The minimum Gasteiger partial charge on any atom is -0.497 e. The van der Waals surface area contributed by atoms with Crippen LogP contribution >= 0.6 is 0 Å². The summed E-state index contributed by atoms with van der Waals surface area (Å²) in [5, 5.41) is 9.05. The van der Waals surface area contributed by atoms with Crippen molar-refractivity contribution in [1.82, 2.24) is 0 Å². The molecule has 0 saturated heterocycles. The Labute approximate surface area is 90.6 Å². The Hall–Kier alpha value is -1.22. The van der Waals surface area contributed by atoms with E-state index in [1.807, 2.05) is 24.3 Å². The van der Waals surface area contributed by atoms with E-state index in [9.17, 15) is 0 Å². The van der Waals surface area contributed by atoms with Gasteiger partial charge in [-0.1, -0.05) is 0 Å². The molecule has 3 heteroatoms. The highest BCUT2D eigenvalue weighted by Crippen LogP contribution is 2.17. The zero-order chi connectivity index (χ0) is 11.1. The number of hydrogen-bond donors (Lipinski definition) is 1. The van der Waals surface area contributed by atoms with Crippen molar-refractivity contribution in [2.45, 2.75) is 25.9 Å². The Morgan fingerprint density at radius 1 is 1.20 bits per heavy atom. The molecule has 0 aliphatic rings. The molecule has 1 atom stereocenters. The Bertz CT molecular complexity index is 267. The maximum atomic E-state index is 9.05. The predicted molar refractivity (Wildman–Crippen MR) is 59.4 cm³/mol. The van der Waals surface area contributed by atoms with Crippen molar-refractivity contribution < 1.29 is 14.6 Å². The van der Waals surface area contributed by atoms with Crippen LogP contribution in [0.3, 0.4) is 0 Å². The first-order valence-electron chi connectivity index (χ1n) is 5.17. The molecule has 0 amide bonds. The van der Waals surface area contributed by atoms with Crippen molar-refractivity contribution in [2.24, 2.45) is 0 Å². The van der Waals surface area contributed by atoms with E-state index in [0.29, 0.717) is 6.61 Å². The maximum absolute atomic E-state index is 9.05. The van der Waals surface area contributed by atoms with Gasteiger partial charge in [-0.15, -0.1) is 0 Å². The number of methoxy groups -OCH3 is 1. The van der Waals surface area contributed by atoms with E-state index < -0.39 is 0 Å². The lowest BCUT2D eigenvalue weighted by Crippen LogP contribution is -2.04. The second kappa shape index (κ2) is 6.30. The minimum absolute atomic E-state index is 0.246. The van der Waals surface area contributed by atoms with Crippen LogP contribution < -0.4 is 9.47 Å². The number of aliphatic hydroxyl groups is 1. The first-order valence-corrected chi connectivity index (χ1v) is 5.17. The van der Waals surface area contributed by atoms with Crippen LogP contribution in [-0.4, -0.2) is 24.9 Å². The highest BCUT2D eigenvalue weighted by molar-refractivity contribution is 5.30. The van der Waals surface area contributed by atoms with Crippen molar-refractivity contribution in [3.63, 3.8) is 0 Å². The van der Waals surface area contributed by atoms with Crippen molar-refractivity contribution in [3.05, 3.63) is 24.3 Å². The van der Waals surface area contributed by atoms with Crippen LogP contribution in [0.1, 0.15) is 19.8 Å². The summed E-state index contributed by atoms with van der Waals surface area (Å²) in [6.45, 7) is 2.42. The van der Waals surface area contributed by atoms with E-state index in [2.05, 4.69) is 0 Å². The summed E-state index contributed by atoms with van der Waals surface area (Å²) in [6, 6.07) is 7.48. The summed E-state index contributed by atoms with van der Waals surface area (Å²) in [4.78, 5) is 0. The first-order chi connectivity index (χ1) is 7.22. The minimum atomic E-state index is -0.246. The van der Waals surface area contributed by atoms with Gasteiger partial charge in [-0.2, -0.15) is 0 Å². The molecule has 1 aromatic rings. The zero-order valence-corrected chi connectivity index (χ0v) is 9.27. The standard InChI is InChI=1S/C12H18O3/c1-10(13)4-3-9-15-12-7-5-11(14-2)6-8-12/h5-8,10,13H,3-4,9H2,1-2H3. The molecular weight excluding hydrogens is 192 g/mol. The van der Waals surface area contributed by atoms with Gasteiger partial charge in [0.25, 0.3) is 0 Å². The lowest BCUT2D eigenvalue weighted by atomic mass is 10.2. The lowest BCUT2D eigenvalue weighted by molar-refractivity contribution is 0.170. The van der Waals surface area contributed by atoms with E-state index in [1.165, 1.54) is 0 Å². The highest BCUT2D eigenvalue weighted by Gasteiger charge is 1.97. The summed E-state index contributed by atoms with van der Waals surface area (Å²) < 4.78 is 10.5. The van der Waals surface area contributed by atoms with Crippen molar-refractivity contribution in [1.29, 1.82) is 0 Å². The molecule has 0 aliphatic heterocycles. The fourth-order valence-electron chi connectivity index (χ4n) is 1.24. The zero-order valence-electron chi connectivity index (χ0n) is 9.27. The molecule has 3 nitrogen and oxygen atoms in total. The van der Waals surface area contributed by atoms with Crippen LogP contribution in [0.4, 0.5) is 0 Å². The van der Waals surface area contributed by atoms with Gasteiger partial charge in [0.05, 0.1) is 19.8 Å². The number of rotatable bonds is 6. The topological polar surface area (TPSA) is 38.7 Å². The van der Waals surface area contributed by atoms with Gasteiger partial charge < -0.3 is 14.6 Å². The first kappa shape index (κ1) is 11.9. The van der Waals surface area contributed by atoms with E-state index >= 15 is 0 Å². The monoisotopic (exact) mass is 210 g/mol. The summed E-state index contributed by atoms with van der Waals surface area (Å²) in [5.74, 6) is 1.66. The van der Waals surface area contributed by atoms with E-state index in [1.54, 1.807) is 14.0 Å². The van der Waals surface area contributed by atoms with Gasteiger partial charge in [0.1, 0.15) is 11.5 Å². The third-order valence-corrected chi connectivity index (χ3v) is 2.09. The summed E-state index contributed by atoms with van der Waals surface area (Å²) in [6.07, 6.45) is 1.39. The molecule has 15 heavy (non-hydrogen) atoms. The molecule has 84 valence electrons. The summed E-state index contributed by atoms with van der Waals surface area (Å²) in [7, 11) is 1.64. The number of hydrogen-bond acceptors (Lipinski definition) is 3. The number of aliphatic hydroxyl groups excluding tert-OH is 1. The average molecular weight is 210 g/mol. The van der Waals surface area contributed by atoms with Gasteiger partial charge in [0.2, 0.25) is 0 Å². The molecule has 0 saturated carbocycles. The normalized spacial score (nSPS) is 12.2. The SMILES string of the molecule is COc1ccc(OCCCC(C)O)cc1. The fourth-order valence-corrected chi connectivity index (χ4v) is 1.24. The van der Waals surface area contributed by atoms with Gasteiger partial charge in [0, 0.05) is 0 Å². The largest absolute Gasteiger partial charge is 0.497 e. The Balaban J connectivity index is 2.25. The molecule has 0 aliphatic carbocycles. The van der Waals surface area contributed by atoms with E-state index in [-0.39, 0.29) is 6.10 Å². The molecule has 1 rings (SSSR count). The second-order valence-corrected chi connectivity index (χ2v) is 3.52. The van der Waals surface area contributed by atoms with Gasteiger partial charge in [-0.3, -0.25) is 0 Å². The molecule has 0 heterocycles. The van der Waals surface area contributed by atoms with Crippen LogP contribution in [0.15, 0.2) is 24.3 Å². The van der Waals surface area contributed by atoms with Crippen LogP contribution in [-0.2, 0) is 0 Å². The van der Waals surface area contributed by atoms with E-state index in [0.717, 1.165) is 24.3 Å². The number of benzene rings is 1. The van der Waals surface area contributed by atoms with Crippen LogP contribution in [0, 0.1) is 0 Å². The fraction of sp³-hybridized carbons (Fsp3) is 0.500. The van der Waals surface area contributed by atoms with Crippen molar-refractivity contribution in [3.8, 4) is 11.5 Å². The smallest absolute Gasteiger partial charge is 0.119 e. The summed E-state index contributed by atoms with van der Waals surface area (Å²) in [5.41, 5.74) is 0. The van der Waals surface area contributed by atoms with Gasteiger partial charge in [0.15, 0.2) is 0 Å². The van der Waals surface area contributed by atoms with Crippen LogP contribution in [0.5, 0.6) is 11.5 Å². The molecular formula is C12H18O3. The van der Waals surface area contributed by atoms with Gasteiger partial charge in [-0.05, 0) is 44.0 Å². The molecule has 1 unspecified atom stereocenters. The molecule has 1 aromatic carbocycles. The molecule has 0 fully saturated rings. The third kappa shape index (κ3) is 4.70. The molecule has 0 bridgehead atoms. The van der Waals surface area contributed by atoms with Gasteiger partial charge in [-0.25, -0.2) is 0 Å². The predicted octanol–water partition coefficient (Wildman–Crippen LogP) is 2.24. The summed E-state index contributed by atoms with van der Waals surface area (Å²) >= 11 is 0. The maximum Gasteiger partial charge on any atom is 0.119 e. The molecule has 0 radical (unpaired) electrons. The van der Waals surface area contributed by atoms with Crippen molar-refractivity contribution >= 4 is 0 Å². The van der Waals surface area contributed by atoms with Crippen LogP contribution in [0.2, 0.25) is 0 Å². The number of ether oxygens (including phenoxy) is 2. The van der Waals surface area contributed by atoms with Gasteiger partial charge >= 0.3 is 0 Å². The van der Waals surface area contributed by atoms with E-state index in [4.69, 9.17) is 14.6 Å². The lowest BCUT2D eigenvalue weighted by Gasteiger charge is -2.07. The Kier molecular flexibility index (Phi) is 4.98. The Morgan fingerprint density at radius 2 is 1.80 bits per heavy atom. The molecule has 0 aromatic heterocycles. The Morgan fingerprint density at radius 3 is 2.33 bits per heavy atom. The molecule has 0 spiro atoms. The quantitative estimate of drug-likeness (QED) is 0.732. The highest BCUT2D eigenvalue weighted by atomic mass is 16.5. The third-order valence-electron chi connectivity index (χ3n) is 2.09. The molecule has 1 N–H and O–H groups in total.